The summed E-state index contributed by atoms with van der Waals surface area (Å²) < 4.78 is 0. The summed E-state index contributed by atoms with van der Waals surface area (Å²) in [6, 6.07) is 3.45. The highest BCUT2D eigenvalue weighted by atomic mass is 16.3. The molecule has 62 valence electrons. The van der Waals surface area contributed by atoms with Gasteiger partial charge in [-0.3, -0.25) is 4.98 Å². The van der Waals surface area contributed by atoms with Gasteiger partial charge in [-0.2, -0.15) is 0 Å². The van der Waals surface area contributed by atoms with Crippen LogP contribution in [-0.2, 0) is 6.61 Å². The van der Waals surface area contributed by atoms with Crippen molar-refractivity contribution in [1.29, 1.82) is 0 Å². The number of aromatic nitrogens is 1. The highest BCUT2D eigenvalue weighted by Gasteiger charge is 1.90. The number of aliphatic hydroxyl groups excluding tert-OH is 2. The number of rotatable bonds is 1. The van der Waals surface area contributed by atoms with Gasteiger partial charge in [-0.25, -0.2) is 0 Å². The summed E-state index contributed by atoms with van der Waals surface area (Å²) in [6.45, 7) is -0.213. The fourth-order valence-corrected chi connectivity index (χ4v) is 0.734. The molecule has 1 aromatic heterocycles. The normalized spacial score (nSPS) is 8.83. The van der Waals surface area contributed by atoms with Gasteiger partial charge in [0.15, 0.2) is 0 Å². The van der Waals surface area contributed by atoms with Crippen molar-refractivity contribution >= 4 is 0 Å². The summed E-state index contributed by atoms with van der Waals surface area (Å²) in [6.07, 6.45) is 1.56. The molecule has 0 aliphatic rings. The summed E-state index contributed by atoms with van der Waals surface area (Å²) in [4.78, 5) is 3.92. The molecule has 0 amide bonds. The first-order chi connectivity index (χ1) is 5.86. The zero-order valence-corrected chi connectivity index (χ0v) is 6.49. The van der Waals surface area contributed by atoms with E-state index in [4.69, 9.17) is 10.2 Å². The van der Waals surface area contributed by atoms with Crippen LogP contribution < -0.4 is 0 Å². The van der Waals surface area contributed by atoms with Gasteiger partial charge in [-0.1, -0.05) is 11.8 Å². The average Bonchev–Trinajstić information content (AvgIpc) is 2.15. The third kappa shape index (κ3) is 2.35. The summed E-state index contributed by atoms with van der Waals surface area (Å²) in [7, 11) is 0. The maximum absolute atomic E-state index is 8.67. The topological polar surface area (TPSA) is 53.4 Å². The van der Waals surface area contributed by atoms with E-state index < -0.39 is 0 Å². The van der Waals surface area contributed by atoms with E-state index in [2.05, 4.69) is 16.8 Å². The Hall–Kier alpha value is -1.37. The number of aliphatic hydroxyl groups is 2. The van der Waals surface area contributed by atoms with E-state index >= 15 is 0 Å². The predicted molar refractivity (Wildman–Crippen MR) is 44.1 cm³/mol. The Morgan fingerprint density at radius 2 is 2.17 bits per heavy atom. The first-order valence-corrected chi connectivity index (χ1v) is 3.52. The van der Waals surface area contributed by atoms with Crippen LogP contribution >= 0.6 is 0 Å². The molecule has 3 heteroatoms. The van der Waals surface area contributed by atoms with Crippen LogP contribution in [0.2, 0.25) is 0 Å². The monoisotopic (exact) mass is 163 g/mol. The van der Waals surface area contributed by atoms with Gasteiger partial charge in [0.25, 0.3) is 0 Å². The zero-order chi connectivity index (χ0) is 8.81. The standard InChI is InChI=1S/C9H9NO2/c11-5-1-2-8-3-4-9(7-12)10-6-8/h3-4,6,11-12H,5,7H2. The Labute approximate surface area is 70.7 Å². The van der Waals surface area contributed by atoms with Crippen molar-refractivity contribution in [3.05, 3.63) is 29.6 Å². The Morgan fingerprint density at radius 1 is 1.33 bits per heavy atom. The minimum absolute atomic E-state index is 0.0618. The summed E-state index contributed by atoms with van der Waals surface area (Å²) in [5, 5.41) is 17.1. The Morgan fingerprint density at radius 3 is 2.67 bits per heavy atom. The Kier molecular flexibility index (Phi) is 3.27. The van der Waals surface area contributed by atoms with Gasteiger partial charge in [0.05, 0.1) is 12.3 Å². The second kappa shape index (κ2) is 4.50. The molecule has 0 unspecified atom stereocenters. The third-order valence-corrected chi connectivity index (χ3v) is 1.30. The lowest BCUT2D eigenvalue weighted by atomic mass is 10.2. The molecular formula is C9H9NO2. The molecule has 2 N–H and O–H groups in total. The highest BCUT2D eigenvalue weighted by molar-refractivity contribution is 5.32. The smallest absolute Gasteiger partial charge is 0.104 e. The van der Waals surface area contributed by atoms with Crippen molar-refractivity contribution in [1.82, 2.24) is 4.98 Å². The highest BCUT2D eigenvalue weighted by Crippen LogP contribution is 1.97. The molecule has 1 heterocycles. The van der Waals surface area contributed by atoms with Crippen molar-refractivity contribution in [2.45, 2.75) is 6.61 Å². The SMILES string of the molecule is OCC#Cc1ccc(CO)nc1. The Balaban J connectivity index is 2.78. The molecular weight excluding hydrogens is 154 g/mol. The van der Waals surface area contributed by atoms with E-state index in [0.717, 1.165) is 5.56 Å². The maximum Gasteiger partial charge on any atom is 0.104 e. The van der Waals surface area contributed by atoms with Gasteiger partial charge in [0.2, 0.25) is 0 Å². The fraction of sp³-hybridized carbons (Fsp3) is 0.222. The van der Waals surface area contributed by atoms with E-state index in [1.807, 2.05) is 0 Å². The van der Waals surface area contributed by atoms with E-state index in [1.165, 1.54) is 0 Å². The van der Waals surface area contributed by atoms with Crippen LogP contribution in [0.25, 0.3) is 0 Å². The van der Waals surface area contributed by atoms with Crippen LogP contribution in [0.3, 0.4) is 0 Å². The summed E-state index contributed by atoms with van der Waals surface area (Å²) in [5.41, 5.74) is 1.35. The zero-order valence-electron chi connectivity index (χ0n) is 6.49. The number of nitrogens with zero attached hydrogens (tertiary/aromatic N) is 1. The lowest BCUT2D eigenvalue weighted by molar-refractivity contribution is 0.277. The molecule has 0 bridgehead atoms. The molecule has 0 aliphatic heterocycles. The first kappa shape index (κ1) is 8.72. The van der Waals surface area contributed by atoms with Crippen LogP contribution in [0.5, 0.6) is 0 Å². The molecule has 0 aromatic carbocycles. The van der Waals surface area contributed by atoms with Crippen molar-refractivity contribution in [3.8, 4) is 11.8 Å². The quantitative estimate of drug-likeness (QED) is 0.569. The minimum atomic E-state index is -0.151. The molecule has 0 fully saturated rings. The van der Waals surface area contributed by atoms with Crippen LogP contribution in [0.15, 0.2) is 18.3 Å². The van der Waals surface area contributed by atoms with E-state index in [0.29, 0.717) is 5.69 Å². The lowest BCUT2D eigenvalue weighted by Crippen LogP contribution is -1.88. The lowest BCUT2D eigenvalue weighted by Gasteiger charge is -1.93. The van der Waals surface area contributed by atoms with Gasteiger partial charge in [-0.05, 0) is 12.1 Å². The van der Waals surface area contributed by atoms with Crippen LogP contribution in [0, 0.1) is 11.8 Å². The molecule has 1 rings (SSSR count). The third-order valence-electron chi connectivity index (χ3n) is 1.30. The second-order valence-electron chi connectivity index (χ2n) is 2.16. The number of hydrogen-bond donors (Lipinski definition) is 2. The second-order valence-corrected chi connectivity index (χ2v) is 2.16. The number of pyridine rings is 1. The van der Waals surface area contributed by atoms with Crippen LogP contribution in [-0.4, -0.2) is 21.8 Å². The van der Waals surface area contributed by atoms with E-state index in [9.17, 15) is 0 Å². The fourth-order valence-electron chi connectivity index (χ4n) is 0.734. The van der Waals surface area contributed by atoms with Crippen LogP contribution in [0.1, 0.15) is 11.3 Å². The maximum atomic E-state index is 8.67. The van der Waals surface area contributed by atoms with Gasteiger partial charge in [-0.15, -0.1) is 0 Å². The molecule has 3 nitrogen and oxygen atoms in total. The largest absolute Gasteiger partial charge is 0.390 e. The molecule has 0 saturated carbocycles. The van der Waals surface area contributed by atoms with Gasteiger partial charge in [0, 0.05) is 11.8 Å². The van der Waals surface area contributed by atoms with Crippen molar-refractivity contribution in [2.24, 2.45) is 0 Å². The van der Waals surface area contributed by atoms with Gasteiger partial charge in [0.1, 0.15) is 6.61 Å². The summed E-state index contributed by atoms with van der Waals surface area (Å²) in [5.74, 6) is 5.21. The minimum Gasteiger partial charge on any atom is -0.390 e. The molecule has 1 aromatic rings. The average molecular weight is 163 g/mol. The number of hydrogen-bond acceptors (Lipinski definition) is 3. The van der Waals surface area contributed by atoms with Crippen molar-refractivity contribution < 1.29 is 10.2 Å². The first-order valence-electron chi connectivity index (χ1n) is 3.52. The van der Waals surface area contributed by atoms with Crippen molar-refractivity contribution in [3.63, 3.8) is 0 Å². The Bertz CT molecular complexity index is 295. The van der Waals surface area contributed by atoms with Gasteiger partial charge < -0.3 is 10.2 Å². The molecule has 0 aliphatic carbocycles. The predicted octanol–water partition coefficient (Wildman–Crippen LogP) is -0.0823. The summed E-state index contributed by atoms with van der Waals surface area (Å²) >= 11 is 0. The van der Waals surface area contributed by atoms with E-state index in [1.54, 1.807) is 18.3 Å². The van der Waals surface area contributed by atoms with Crippen LogP contribution in [0.4, 0.5) is 0 Å². The van der Waals surface area contributed by atoms with Gasteiger partial charge >= 0.3 is 0 Å². The molecule has 0 saturated heterocycles. The molecule has 0 spiro atoms. The molecule has 0 atom stereocenters. The van der Waals surface area contributed by atoms with Crippen molar-refractivity contribution in [2.75, 3.05) is 6.61 Å². The molecule has 0 radical (unpaired) electrons. The molecule has 12 heavy (non-hydrogen) atoms. The van der Waals surface area contributed by atoms with E-state index in [-0.39, 0.29) is 13.2 Å².